The molecule has 1 atom stereocenters. The third-order valence-electron chi connectivity index (χ3n) is 4.68. The van der Waals surface area contributed by atoms with Gasteiger partial charge in [0.1, 0.15) is 17.7 Å². The Kier molecular flexibility index (Phi) is 4.23. The molecule has 4 rings (SSSR count). The molecule has 0 bridgehead atoms. The van der Waals surface area contributed by atoms with E-state index in [0.717, 1.165) is 24.2 Å². The standard InChI is InChI=1S/C19H19N5O3/c1-10-15(19-21-7-8-27-19)24-17(20)16(22-10)18(25)23-14-6-3-11-9-12(26-2)4-5-13(11)14/h4-5,7-9,14H,3,6H2,1-2H3,(H2,20,24)(H,23,25). The average Bonchev–Trinajstić information content (AvgIpc) is 3.33. The van der Waals surface area contributed by atoms with Gasteiger partial charge in [-0.3, -0.25) is 4.79 Å². The maximum atomic E-state index is 12.7. The van der Waals surface area contributed by atoms with Crippen LogP contribution in [-0.2, 0) is 6.42 Å². The minimum atomic E-state index is -0.351. The molecule has 0 radical (unpaired) electrons. The number of carbonyl (C=O) groups is 1. The molecule has 0 aliphatic heterocycles. The number of aromatic nitrogens is 3. The van der Waals surface area contributed by atoms with E-state index in [2.05, 4.69) is 20.3 Å². The van der Waals surface area contributed by atoms with Crippen molar-refractivity contribution in [3.63, 3.8) is 0 Å². The van der Waals surface area contributed by atoms with Crippen LogP contribution in [0.25, 0.3) is 11.6 Å². The zero-order valence-corrected chi connectivity index (χ0v) is 15.0. The summed E-state index contributed by atoms with van der Waals surface area (Å²) in [6, 6.07) is 5.79. The molecule has 3 aromatic rings. The number of methoxy groups -OCH3 is 1. The number of nitrogen functional groups attached to an aromatic ring is 1. The maximum Gasteiger partial charge on any atom is 0.274 e. The number of rotatable bonds is 4. The van der Waals surface area contributed by atoms with Crippen LogP contribution in [0.3, 0.4) is 0 Å². The summed E-state index contributed by atoms with van der Waals surface area (Å²) >= 11 is 0. The predicted octanol–water partition coefficient (Wildman–Crippen LogP) is 2.45. The number of aryl methyl sites for hydroxylation is 2. The van der Waals surface area contributed by atoms with Gasteiger partial charge in [-0.15, -0.1) is 0 Å². The molecule has 0 spiro atoms. The third-order valence-corrected chi connectivity index (χ3v) is 4.68. The highest BCUT2D eigenvalue weighted by Crippen LogP contribution is 2.34. The Balaban J connectivity index is 1.57. The first-order chi connectivity index (χ1) is 13.1. The topological polar surface area (TPSA) is 116 Å². The van der Waals surface area contributed by atoms with Crippen molar-refractivity contribution in [1.29, 1.82) is 0 Å². The molecule has 0 fully saturated rings. The van der Waals surface area contributed by atoms with Crippen LogP contribution in [-0.4, -0.2) is 28.0 Å². The van der Waals surface area contributed by atoms with Crippen molar-refractivity contribution in [2.75, 3.05) is 12.8 Å². The summed E-state index contributed by atoms with van der Waals surface area (Å²) in [5.41, 5.74) is 9.29. The monoisotopic (exact) mass is 365 g/mol. The Morgan fingerprint density at radius 2 is 2.22 bits per heavy atom. The van der Waals surface area contributed by atoms with Crippen LogP contribution in [0.1, 0.15) is 39.8 Å². The van der Waals surface area contributed by atoms with Gasteiger partial charge in [0, 0.05) is 0 Å². The van der Waals surface area contributed by atoms with Crippen molar-refractivity contribution in [3.8, 4) is 17.3 Å². The first-order valence-electron chi connectivity index (χ1n) is 8.58. The lowest BCUT2D eigenvalue weighted by Gasteiger charge is -2.15. The Morgan fingerprint density at radius 1 is 1.37 bits per heavy atom. The quantitative estimate of drug-likeness (QED) is 0.729. The number of nitrogens with one attached hydrogen (secondary N) is 1. The van der Waals surface area contributed by atoms with E-state index < -0.39 is 0 Å². The van der Waals surface area contributed by atoms with Crippen LogP contribution < -0.4 is 15.8 Å². The first kappa shape index (κ1) is 17.0. The largest absolute Gasteiger partial charge is 0.497 e. The van der Waals surface area contributed by atoms with E-state index in [9.17, 15) is 4.79 Å². The SMILES string of the molecule is COc1ccc2c(c1)CCC2NC(=O)c1nc(C)c(-c2ncco2)nc1N. The molecular formula is C19H19N5O3. The van der Waals surface area contributed by atoms with Crippen molar-refractivity contribution in [2.45, 2.75) is 25.8 Å². The molecule has 2 heterocycles. The number of oxazole rings is 1. The highest BCUT2D eigenvalue weighted by atomic mass is 16.5. The molecule has 1 unspecified atom stereocenters. The lowest BCUT2D eigenvalue weighted by atomic mass is 10.1. The number of fused-ring (bicyclic) bond motifs is 1. The van der Waals surface area contributed by atoms with Gasteiger partial charge in [-0.2, -0.15) is 0 Å². The Labute approximate surface area is 155 Å². The molecule has 8 nitrogen and oxygen atoms in total. The molecule has 8 heteroatoms. The Bertz CT molecular complexity index is 1000. The number of nitrogens with zero attached hydrogens (tertiary/aromatic N) is 3. The number of benzene rings is 1. The molecule has 1 aliphatic rings. The number of hydrogen-bond donors (Lipinski definition) is 2. The molecule has 3 N–H and O–H groups in total. The summed E-state index contributed by atoms with van der Waals surface area (Å²) in [5.74, 6) is 0.820. The molecular weight excluding hydrogens is 346 g/mol. The normalized spacial score (nSPS) is 15.4. The summed E-state index contributed by atoms with van der Waals surface area (Å²) in [6.07, 6.45) is 4.65. The minimum absolute atomic E-state index is 0.0410. The van der Waals surface area contributed by atoms with Gasteiger partial charge in [-0.25, -0.2) is 15.0 Å². The number of carbonyl (C=O) groups excluding carboxylic acids is 1. The van der Waals surface area contributed by atoms with Crippen molar-refractivity contribution < 1.29 is 13.9 Å². The molecule has 1 amide bonds. The fourth-order valence-corrected chi connectivity index (χ4v) is 3.34. The summed E-state index contributed by atoms with van der Waals surface area (Å²) in [7, 11) is 1.64. The molecule has 1 aliphatic carbocycles. The van der Waals surface area contributed by atoms with Gasteiger partial charge < -0.3 is 20.2 Å². The van der Waals surface area contributed by atoms with Gasteiger partial charge in [0.05, 0.1) is 25.0 Å². The van der Waals surface area contributed by atoms with E-state index in [-0.39, 0.29) is 23.5 Å². The molecule has 0 saturated heterocycles. The van der Waals surface area contributed by atoms with E-state index in [4.69, 9.17) is 14.9 Å². The van der Waals surface area contributed by atoms with Crippen molar-refractivity contribution in [1.82, 2.24) is 20.3 Å². The van der Waals surface area contributed by atoms with Crippen LogP contribution in [0, 0.1) is 6.92 Å². The van der Waals surface area contributed by atoms with Crippen molar-refractivity contribution in [3.05, 3.63) is 53.2 Å². The van der Waals surface area contributed by atoms with E-state index in [1.807, 2.05) is 18.2 Å². The van der Waals surface area contributed by atoms with Gasteiger partial charge >= 0.3 is 0 Å². The van der Waals surface area contributed by atoms with E-state index >= 15 is 0 Å². The smallest absolute Gasteiger partial charge is 0.274 e. The second kappa shape index (κ2) is 6.71. The van der Waals surface area contributed by atoms with Crippen LogP contribution >= 0.6 is 0 Å². The van der Waals surface area contributed by atoms with Gasteiger partial charge in [0.25, 0.3) is 5.91 Å². The fourth-order valence-electron chi connectivity index (χ4n) is 3.34. The van der Waals surface area contributed by atoms with Crippen molar-refractivity contribution >= 4 is 11.7 Å². The van der Waals surface area contributed by atoms with Crippen LogP contribution in [0.2, 0.25) is 0 Å². The second-order valence-corrected chi connectivity index (χ2v) is 6.36. The van der Waals surface area contributed by atoms with E-state index in [1.165, 1.54) is 18.0 Å². The van der Waals surface area contributed by atoms with Gasteiger partial charge in [0.2, 0.25) is 5.89 Å². The number of hydrogen-bond acceptors (Lipinski definition) is 7. The number of amides is 1. The molecule has 2 aromatic heterocycles. The number of anilines is 1. The van der Waals surface area contributed by atoms with Gasteiger partial charge in [0.15, 0.2) is 11.5 Å². The van der Waals surface area contributed by atoms with Crippen molar-refractivity contribution in [2.24, 2.45) is 0 Å². The predicted molar refractivity (Wildman–Crippen MR) is 98.2 cm³/mol. The highest BCUT2D eigenvalue weighted by molar-refractivity contribution is 5.97. The second-order valence-electron chi connectivity index (χ2n) is 6.36. The average molecular weight is 365 g/mol. The zero-order valence-electron chi connectivity index (χ0n) is 15.0. The summed E-state index contributed by atoms with van der Waals surface area (Å²) in [5, 5.41) is 3.01. The molecule has 138 valence electrons. The summed E-state index contributed by atoms with van der Waals surface area (Å²) in [4.78, 5) is 25.4. The summed E-state index contributed by atoms with van der Waals surface area (Å²) in [6.45, 7) is 1.74. The fraction of sp³-hybridized carbons (Fsp3) is 0.263. The Hall–Kier alpha value is -3.42. The first-order valence-corrected chi connectivity index (χ1v) is 8.58. The Morgan fingerprint density at radius 3 is 2.96 bits per heavy atom. The third kappa shape index (κ3) is 3.10. The summed E-state index contributed by atoms with van der Waals surface area (Å²) < 4.78 is 10.5. The van der Waals surface area contributed by atoms with Gasteiger partial charge in [-0.1, -0.05) is 6.07 Å². The van der Waals surface area contributed by atoms with E-state index in [0.29, 0.717) is 17.3 Å². The minimum Gasteiger partial charge on any atom is -0.497 e. The maximum absolute atomic E-state index is 12.7. The van der Waals surface area contributed by atoms with E-state index in [1.54, 1.807) is 14.0 Å². The van der Waals surface area contributed by atoms with Crippen LogP contribution in [0.5, 0.6) is 5.75 Å². The number of ether oxygens (including phenoxy) is 1. The highest BCUT2D eigenvalue weighted by Gasteiger charge is 2.27. The van der Waals surface area contributed by atoms with Crippen LogP contribution in [0.4, 0.5) is 5.82 Å². The molecule has 1 aromatic carbocycles. The lowest BCUT2D eigenvalue weighted by Crippen LogP contribution is -2.29. The number of nitrogens with two attached hydrogens (primary N) is 1. The van der Waals surface area contributed by atoms with Gasteiger partial charge in [-0.05, 0) is 43.0 Å². The zero-order chi connectivity index (χ0) is 19.0. The van der Waals surface area contributed by atoms with Crippen LogP contribution in [0.15, 0.2) is 35.1 Å². The molecule has 27 heavy (non-hydrogen) atoms. The molecule has 0 saturated carbocycles. The lowest BCUT2D eigenvalue weighted by molar-refractivity contribution is 0.0932.